The van der Waals surface area contributed by atoms with E-state index in [-0.39, 0.29) is 17.5 Å². The minimum atomic E-state index is -0.368. The zero-order valence-corrected chi connectivity index (χ0v) is 16.1. The van der Waals surface area contributed by atoms with Crippen LogP contribution < -0.4 is 19.7 Å². The molecule has 9 heteroatoms. The maximum absolute atomic E-state index is 12.4. The van der Waals surface area contributed by atoms with E-state index in [2.05, 4.69) is 15.5 Å². The number of piperazine rings is 1. The van der Waals surface area contributed by atoms with Crippen LogP contribution in [0.15, 0.2) is 30.3 Å². The number of benzene rings is 1. The molecule has 0 bridgehead atoms. The van der Waals surface area contributed by atoms with Crippen LogP contribution >= 0.6 is 0 Å². The molecule has 0 spiro atoms. The third kappa shape index (κ3) is 4.30. The monoisotopic (exact) mass is 385 g/mol. The van der Waals surface area contributed by atoms with Gasteiger partial charge < -0.3 is 24.6 Å². The van der Waals surface area contributed by atoms with Gasteiger partial charge in [-0.2, -0.15) is 0 Å². The van der Waals surface area contributed by atoms with Gasteiger partial charge in [-0.15, -0.1) is 10.2 Å². The molecule has 0 aliphatic carbocycles. The van der Waals surface area contributed by atoms with E-state index >= 15 is 0 Å². The molecule has 1 aliphatic heterocycles. The molecule has 0 unspecified atom stereocenters. The molecular formula is C19H23N5O4. The summed E-state index contributed by atoms with van der Waals surface area (Å²) in [5, 5.41) is 11.0. The molecule has 28 heavy (non-hydrogen) atoms. The summed E-state index contributed by atoms with van der Waals surface area (Å²) in [6, 6.07) is 8.50. The number of hydrogen-bond donors (Lipinski definition) is 1. The molecule has 0 saturated carbocycles. The minimum absolute atomic E-state index is 0.0768. The third-order valence-electron chi connectivity index (χ3n) is 4.57. The van der Waals surface area contributed by atoms with E-state index in [0.29, 0.717) is 49.2 Å². The maximum Gasteiger partial charge on any atom is 0.276 e. The van der Waals surface area contributed by atoms with Gasteiger partial charge >= 0.3 is 0 Å². The summed E-state index contributed by atoms with van der Waals surface area (Å²) in [5.41, 5.74) is 0.773. The van der Waals surface area contributed by atoms with Crippen molar-refractivity contribution in [1.29, 1.82) is 0 Å². The fourth-order valence-electron chi connectivity index (χ4n) is 2.97. The molecule has 1 saturated heterocycles. The van der Waals surface area contributed by atoms with Gasteiger partial charge in [-0.25, -0.2) is 0 Å². The summed E-state index contributed by atoms with van der Waals surface area (Å²) in [5.74, 6) is 1.49. The van der Waals surface area contributed by atoms with Crippen molar-refractivity contribution in [2.45, 2.75) is 6.92 Å². The summed E-state index contributed by atoms with van der Waals surface area (Å²) in [6.45, 7) is 4.25. The van der Waals surface area contributed by atoms with E-state index < -0.39 is 0 Å². The van der Waals surface area contributed by atoms with Crippen LogP contribution in [0.2, 0.25) is 0 Å². The number of anilines is 2. The van der Waals surface area contributed by atoms with E-state index in [1.807, 2.05) is 4.90 Å². The summed E-state index contributed by atoms with van der Waals surface area (Å²) >= 11 is 0. The van der Waals surface area contributed by atoms with E-state index in [1.54, 1.807) is 49.3 Å². The van der Waals surface area contributed by atoms with Gasteiger partial charge in [0.1, 0.15) is 0 Å². The molecule has 148 valence electrons. The second-order valence-electron chi connectivity index (χ2n) is 6.29. The van der Waals surface area contributed by atoms with Crippen LogP contribution in [0.5, 0.6) is 11.5 Å². The molecule has 0 atom stereocenters. The van der Waals surface area contributed by atoms with Gasteiger partial charge in [0.05, 0.1) is 14.2 Å². The molecule has 3 rings (SSSR count). The highest BCUT2D eigenvalue weighted by Gasteiger charge is 2.20. The van der Waals surface area contributed by atoms with Crippen molar-refractivity contribution in [3.05, 3.63) is 36.0 Å². The Labute approximate surface area is 163 Å². The number of carbonyl (C=O) groups is 2. The van der Waals surface area contributed by atoms with Crippen molar-refractivity contribution in [1.82, 2.24) is 15.1 Å². The Morgan fingerprint density at radius 2 is 1.68 bits per heavy atom. The second kappa shape index (κ2) is 8.55. The van der Waals surface area contributed by atoms with E-state index in [9.17, 15) is 9.59 Å². The number of ether oxygens (including phenoxy) is 2. The van der Waals surface area contributed by atoms with Crippen LogP contribution in [0.25, 0.3) is 0 Å². The highest BCUT2D eigenvalue weighted by Crippen LogP contribution is 2.29. The van der Waals surface area contributed by atoms with Crippen molar-refractivity contribution in [3.8, 4) is 11.5 Å². The second-order valence-corrected chi connectivity index (χ2v) is 6.29. The first kappa shape index (κ1) is 19.4. The smallest absolute Gasteiger partial charge is 0.276 e. The molecule has 9 nitrogen and oxygen atoms in total. The Hall–Kier alpha value is -3.36. The lowest BCUT2D eigenvalue weighted by Crippen LogP contribution is -2.48. The number of aromatic nitrogens is 2. The van der Waals surface area contributed by atoms with Crippen molar-refractivity contribution < 1.29 is 19.1 Å². The normalized spacial score (nSPS) is 13.8. The summed E-state index contributed by atoms with van der Waals surface area (Å²) in [6.07, 6.45) is 0. The molecule has 1 aromatic carbocycles. The third-order valence-corrected chi connectivity index (χ3v) is 4.57. The summed E-state index contributed by atoms with van der Waals surface area (Å²) in [4.78, 5) is 27.7. The predicted octanol–water partition coefficient (Wildman–Crippen LogP) is 1.41. The number of carbonyl (C=O) groups excluding carboxylic acids is 2. The van der Waals surface area contributed by atoms with Gasteiger partial charge in [-0.05, 0) is 24.3 Å². The fourth-order valence-corrected chi connectivity index (χ4v) is 2.97. The molecule has 1 aromatic heterocycles. The number of methoxy groups -OCH3 is 2. The van der Waals surface area contributed by atoms with Crippen molar-refractivity contribution >= 4 is 23.3 Å². The minimum Gasteiger partial charge on any atom is -0.493 e. The lowest BCUT2D eigenvalue weighted by atomic mass is 10.2. The maximum atomic E-state index is 12.4. The molecule has 1 fully saturated rings. The van der Waals surface area contributed by atoms with Gasteiger partial charge in [0.2, 0.25) is 5.91 Å². The van der Waals surface area contributed by atoms with Crippen molar-refractivity contribution in [2.24, 2.45) is 0 Å². The van der Waals surface area contributed by atoms with Crippen molar-refractivity contribution in [3.63, 3.8) is 0 Å². The molecule has 2 amide bonds. The molecule has 2 aromatic rings. The van der Waals surface area contributed by atoms with Crippen LogP contribution in [0.4, 0.5) is 11.5 Å². The Morgan fingerprint density at radius 3 is 2.25 bits per heavy atom. The number of nitrogens with zero attached hydrogens (tertiary/aromatic N) is 4. The lowest BCUT2D eigenvalue weighted by molar-refractivity contribution is -0.129. The Bertz CT molecular complexity index is 848. The van der Waals surface area contributed by atoms with E-state index in [1.165, 1.54) is 7.11 Å². The zero-order valence-electron chi connectivity index (χ0n) is 16.1. The van der Waals surface area contributed by atoms with Crippen LogP contribution in [0.3, 0.4) is 0 Å². The van der Waals surface area contributed by atoms with E-state index in [4.69, 9.17) is 9.47 Å². The first-order chi connectivity index (χ1) is 13.5. The fraction of sp³-hybridized carbons (Fsp3) is 0.368. The summed E-state index contributed by atoms with van der Waals surface area (Å²) in [7, 11) is 3.08. The molecule has 1 aliphatic rings. The van der Waals surface area contributed by atoms with Gasteiger partial charge in [0.15, 0.2) is 23.0 Å². The lowest BCUT2D eigenvalue weighted by Gasteiger charge is -2.34. The standard InChI is InChI=1S/C19H23N5O4/c1-13(25)23-8-10-24(11-9-23)18-7-5-15(21-22-18)19(26)20-14-4-6-16(27-2)17(12-14)28-3/h4-7,12H,8-11H2,1-3H3,(H,20,26). The summed E-state index contributed by atoms with van der Waals surface area (Å²) < 4.78 is 10.4. The number of nitrogens with one attached hydrogen (secondary N) is 1. The van der Waals surface area contributed by atoms with Crippen LogP contribution in [0, 0.1) is 0 Å². The Balaban J connectivity index is 1.63. The van der Waals surface area contributed by atoms with Crippen LogP contribution in [-0.4, -0.2) is 67.3 Å². The quantitative estimate of drug-likeness (QED) is 0.831. The average molecular weight is 385 g/mol. The first-order valence-electron chi connectivity index (χ1n) is 8.89. The highest BCUT2D eigenvalue weighted by atomic mass is 16.5. The Morgan fingerprint density at radius 1 is 0.964 bits per heavy atom. The molecule has 2 heterocycles. The highest BCUT2D eigenvalue weighted by molar-refractivity contribution is 6.03. The zero-order chi connectivity index (χ0) is 20.1. The van der Waals surface area contributed by atoms with Gasteiger partial charge in [0, 0.05) is 44.9 Å². The largest absolute Gasteiger partial charge is 0.493 e. The average Bonchev–Trinajstić information content (AvgIpc) is 2.73. The number of amides is 2. The molecule has 1 N–H and O–H groups in total. The predicted molar refractivity (Wildman–Crippen MR) is 104 cm³/mol. The van der Waals surface area contributed by atoms with Crippen molar-refractivity contribution in [2.75, 3.05) is 50.6 Å². The molecule has 0 radical (unpaired) electrons. The first-order valence-corrected chi connectivity index (χ1v) is 8.89. The molecular weight excluding hydrogens is 362 g/mol. The van der Waals surface area contributed by atoms with E-state index in [0.717, 1.165) is 0 Å². The Kier molecular flexibility index (Phi) is 5.93. The van der Waals surface area contributed by atoms with Crippen LogP contribution in [0.1, 0.15) is 17.4 Å². The number of rotatable bonds is 5. The van der Waals surface area contributed by atoms with Gasteiger partial charge in [0.25, 0.3) is 5.91 Å². The van der Waals surface area contributed by atoms with Gasteiger partial charge in [-0.3, -0.25) is 9.59 Å². The van der Waals surface area contributed by atoms with Crippen LogP contribution in [-0.2, 0) is 4.79 Å². The number of hydrogen-bond acceptors (Lipinski definition) is 7. The SMILES string of the molecule is COc1ccc(NC(=O)c2ccc(N3CCN(C(C)=O)CC3)nn2)cc1OC. The topological polar surface area (TPSA) is 96.9 Å². The van der Waals surface area contributed by atoms with Gasteiger partial charge in [-0.1, -0.05) is 0 Å².